The molecule has 2 heterocycles. The van der Waals surface area contributed by atoms with Crippen LogP contribution in [0.1, 0.15) is 39.8 Å². The second-order valence-corrected chi connectivity index (χ2v) is 13.3. The number of hydrogen-bond acceptors (Lipinski definition) is 7. The standard InChI is InChI=1S/C20H20O2S.C19H19NO2S/c1-14-8-9-18(19(10-14)22-2)17-12-16(20(21)23-13-17)11-15-6-4-3-5-7-15;1-13-8-9-15(18(10-13)22-2)17-12-23-19(21)16(20-17)11-14-6-4-3-5-7-14/h3-10,13,16H,11-12H2,1-2H3;3-10,16H,11-12H2,1-2H3/t2*16-/m10/s1. The highest BCUT2D eigenvalue weighted by atomic mass is 32.2. The number of nitrogens with zero attached hydrogens (tertiary/aromatic N) is 1. The molecule has 0 N–H and O–H groups in total. The van der Waals surface area contributed by atoms with Gasteiger partial charge in [-0.2, -0.15) is 0 Å². The fourth-order valence-electron chi connectivity index (χ4n) is 5.58. The summed E-state index contributed by atoms with van der Waals surface area (Å²) in [6.07, 6.45) is 2.20. The molecular weight excluding hydrogens is 611 g/mol. The van der Waals surface area contributed by atoms with Gasteiger partial charge in [-0.1, -0.05) is 102 Å². The normalized spacial score (nSPS) is 17.7. The van der Waals surface area contributed by atoms with Gasteiger partial charge in [0.05, 0.1) is 19.9 Å². The molecule has 0 fully saturated rings. The number of aliphatic imine (C=N–C) groups is 1. The molecule has 2 atom stereocenters. The molecule has 236 valence electrons. The lowest BCUT2D eigenvalue weighted by atomic mass is 9.90. The Kier molecular flexibility index (Phi) is 11.6. The van der Waals surface area contributed by atoms with E-state index in [2.05, 4.69) is 31.2 Å². The topological polar surface area (TPSA) is 65.0 Å². The van der Waals surface area contributed by atoms with E-state index < -0.39 is 0 Å². The smallest absolute Gasteiger partial charge is 0.214 e. The third kappa shape index (κ3) is 8.59. The minimum atomic E-state index is -0.322. The molecule has 4 aromatic carbocycles. The van der Waals surface area contributed by atoms with E-state index in [0.29, 0.717) is 12.2 Å². The summed E-state index contributed by atoms with van der Waals surface area (Å²) in [7, 11) is 3.36. The number of hydrogen-bond donors (Lipinski definition) is 0. The van der Waals surface area contributed by atoms with E-state index in [-0.39, 0.29) is 22.2 Å². The van der Waals surface area contributed by atoms with Crippen LogP contribution in [0.25, 0.3) is 5.57 Å². The van der Waals surface area contributed by atoms with Crippen LogP contribution in [0.2, 0.25) is 0 Å². The lowest BCUT2D eigenvalue weighted by Crippen LogP contribution is -2.27. The second-order valence-electron chi connectivity index (χ2n) is 11.5. The minimum absolute atomic E-state index is 0.0217. The highest BCUT2D eigenvalue weighted by Gasteiger charge is 2.27. The predicted molar refractivity (Wildman–Crippen MR) is 192 cm³/mol. The molecule has 0 unspecified atom stereocenters. The first-order valence-corrected chi connectivity index (χ1v) is 17.2. The molecule has 0 aliphatic carbocycles. The lowest BCUT2D eigenvalue weighted by Gasteiger charge is -2.22. The van der Waals surface area contributed by atoms with Gasteiger partial charge < -0.3 is 9.47 Å². The van der Waals surface area contributed by atoms with Gasteiger partial charge in [0.15, 0.2) is 5.12 Å². The first-order chi connectivity index (χ1) is 22.3. The van der Waals surface area contributed by atoms with Crippen LogP contribution < -0.4 is 9.47 Å². The number of aryl methyl sites for hydroxylation is 2. The zero-order chi connectivity index (χ0) is 32.5. The van der Waals surface area contributed by atoms with E-state index in [1.54, 1.807) is 14.2 Å². The van der Waals surface area contributed by atoms with Gasteiger partial charge in [-0.3, -0.25) is 14.6 Å². The molecule has 0 aromatic heterocycles. The summed E-state index contributed by atoms with van der Waals surface area (Å²) in [5.41, 5.74) is 8.86. The van der Waals surface area contributed by atoms with Crippen LogP contribution in [0.4, 0.5) is 0 Å². The van der Waals surface area contributed by atoms with Crippen molar-refractivity contribution >= 4 is 45.0 Å². The molecule has 0 saturated carbocycles. The summed E-state index contributed by atoms with van der Waals surface area (Å²) >= 11 is 2.66. The quantitative estimate of drug-likeness (QED) is 0.191. The van der Waals surface area contributed by atoms with Crippen LogP contribution in [0.5, 0.6) is 11.5 Å². The molecule has 2 aliphatic rings. The van der Waals surface area contributed by atoms with Crippen LogP contribution in [-0.4, -0.2) is 42.0 Å². The van der Waals surface area contributed by atoms with Gasteiger partial charge in [0.2, 0.25) is 5.12 Å². The van der Waals surface area contributed by atoms with Crippen molar-refractivity contribution in [2.75, 3.05) is 20.0 Å². The zero-order valence-electron chi connectivity index (χ0n) is 26.7. The van der Waals surface area contributed by atoms with Crippen LogP contribution in [0.3, 0.4) is 0 Å². The highest BCUT2D eigenvalue weighted by Crippen LogP contribution is 2.39. The summed E-state index contributed by atoms with van der Waals surface area (Å²) in [5.74, 6) is 2.32. The van der Waals surface area contributed by atoms with Crippen molar-refractivity contribution < 1.29 is 19.1 Å². The molecule has 46 heavy (non-hydrogen) atoms. The molecule has 0 radical (unpaired) electrons. The summed E-state index contributed by atoms with van der Waals surface area (Å²) in [4.78, 5) is 29.2. The van der Waals surface area contributed by atoms with E-state index in [1.807, 2.05) is 85.1 Å². The van der Waals surface area contributed by atoms with Gasteiger partial charge in [0.25, 0.3) is 0 Å². The van der Waals surface area contributed by atoms with Crippen LogP contribution in [0, 0.1) is 19.8 Å². The second kappa shape index (κ2) is 16.0. The Morgan fingerprint density at radius 1 is 0.717 bits per heavy atom. The Balaban J connectivity index is 0.000000181. The number of allylic oxidation sites excluding steroid dienone is 1. The van der Waals surface area contributed by atoms with Crippen LogP contribution in [-0.2, 0) is 22.4 Å². The van der Waals surface area contributed by atoms with Gasteiger partial charge in [-0.15, -0.1) is 0 Å². The number of benzene rings is 4. The molecule has 5 nitrogen and oxygen atoms in total. The highest BCUT2D eigenvalue weighted by molar-refractivity contribution is 8.16. The molecule has 2 aliphatic heterocycles. The first kappa shape index (κ1) is 33.3. The minimum Gasteiger partial charge on any atom is -0.496 e. The molecule has 7 heteroatoms. The first-order valence-electron chi connectivity index (χ1n) is 15.3. The third-order valence-electron chi connectivity index (χ3n) is 8.02. The van der Waals surface area contributed by atoms with Gasteiger partial charge in [0, 0.05) is 29.2 Å². The molecule has 0 saturated heterocycles. The zero-order valence-corrected chi connectivity index (χ0v) is 28.3. The summed E-state index contributed by atoms with van der Waals surface area (Å²) in [6, 6.07) is 32.2. The van der Waals surface area contributed by atoms with Gasteiger partial charge >= 0.3 is 0 Å². The summed E-state index contributed by atoms with van der Waals surface area (Å²) in [5, 5.41) is 2.38. The van der Waals surface area contributed by atoms with E-state index in [4.69, 9.17) is 14.5 Å². The van der Waals surface area contributed by atoms with Crippen molar-refractivity contribution in [3.63, 3.8) is 0 Å². The summed E-state index contributed by atoms with van der Waals surface area (Å²) in [6.45, 7) is 4.09. The van der Waals surface area contributed by atoms with Gasteiger partial charge in [0.1, 0.15) is 17.5 Å². The van der Waals surface area contributed by atoms with Gasteiger partial charge in [-0.05, 0) is 78.1 Å². The molecule has 0 spiro atoms. The van der Waals surface area contributed by atoms with Crippen LogP contribution in [0.15, 0.2) is 107 Å². The molecule has 0 amide bonds. The maximum Gasteiger partial charge on any atom is 0.214 e. The molecular formula is C39H39NO4S2. The SMILES string of the molecule is COc1cc(C)ccc1C1=CSC(=O)[C@H](Cc2ccccc2)C1.COc1cc(C)ccc1C1=N[C@@H](Cc2ccccc2)C(=O)SC1. The van der Waals surface area contributed by atoms with Crippen molar-refractivity contribution in [1.29, 1.82) is 0 Å². The number of methoxy groups -OCH3 is 2. The van der Waals surface area contributed by atoms with E-state index in [1.165, 1.54) is 40.2 Å². The largest absolute Gasteiger partial charge is 0.496 e. The Bertz CT molecular complexity index is 1730. The number of thioether (sulfide) groups is 2. The average molecular weight is 650 g/mol. The average Bonchev–Trinajstić information content (AvgIpc) is 3.08. The third-order valence-corrected chi connectivity index (χ3v) is 9.96. The maximum absolute atomic E-state index is 12.3. The predicted octanol–water partition coefficient (Wildman–Crippen LogP) is 8.54. The Labute approximate surface area is 280 Å². The monoisotopic (exact) mass is 649 g/mol. The van der Waals surface area contributed by atoms with Crippen molar-refractivity contribution in [3.05, 3.63) is 136 Å². The van der Waals surface area contributed by atoms with E-state index in [0.717, 1.165) is 52.3 Å². The van der Waals surface area contributed by atoms with E-state index in [9.17, 15) is 9.59 Å². The lowest BCUT2D eigenvalue weighted by molar-refractivity contribution is -0.114. The number of carbonyl (C=O) groups is 2. The number of carbonyl (C=O) groups excluding carboxylic acids is 2. The van der Waals surface area contributed by atoms with Crippen molar-refractivity contribution in [2.45, 2.75) is 39.2 Å². The maximum atomic E-state index is 12.3. The molecule has 6 rings (SSSR count). The Morgan fingerprint density at radius 2 is 1.28 bits per heavy atom. The fourth-order valence-corrected chi connectivity index (χ4v) is 7.26. The van der Waals surface area contributed by atoms with Crippen LogP contribution >= 0.6 is 23.5 Å². The summed E-state index contributed by atoms with van der Waals surface area (Å²) < 4.78 is 11.0. The fraction of sp³-hybridized carbons (Fsp3) is 0.256. The van der Waals surface area contributed by atoms with Crippen molar-refractivity contribution in [1.82, 2.24) is 0 Å². The molecule has 4 aromatic rings. The van der Waals surface area contributed by atoms with Gasteiger partial charge in [-0.25, -0.2) is 0 Å². The van der Waals surface area contributed by atoms with Crippen molar-refractivity contribution in [2.24, 2.45) is 10.9 Å². The number of rotatable bonds is 8. The van der Waals surface area contributed by atoms with E-state index >= 15 is 0 Å². The van der Waals surface area contributed by atoms with Crippen molar-refractivity contribution in [3.8, 4) is 11.5 Å². The number of ether oxygens (including phenoxy) is 2. The molecule has 0 bridgehead atoms. The Hall–Kier alpha value is -4.07. The Morgan fingerprint density at radius 3 is 1.89 bits per heavy atom.